The molecule has 138 valence electrons. The van der Waals surface area contributed by atoms with Crippen LogP contribution in [0.15, 0.2) is 35.3 Å². The topological polar surface area (TPSA) is 87.3 Å². The lowest BCUT2D eigenvalue weighted by molar-refractivity contribution is -0.131. The minimum absolute atomic E-state index is 0.0395. The van der Waals surface area contributed by atoms with Crippen molar-refractivity contribution in [3.63, 3.8) is 0 Å². The molecule has 26 heavy (non-hydrogen) atoms. The van der Waals surface area contributed by atoms with E-state index in [-0.39, 0.29) is 23.9 Å². The van der Waals surface area contributed by atoms with Gasteiger partial charge in [0.1, 0.15) is 11.6 Å². The lowest BCUT2D eigenvalue weighted by Crippen LogP contribution is -2.46. The Morgan fingerprint density at radius 2 is 2.15 bits per heavy atom. The molecule has 1 aromatic carbocycles. The molecule has 2 N–H and O–H groups in total. The summed E-state index contributed by atoms with van der Waals surface area (Å²) < 4.78 is 5.17. The van der Waals surface area contributed by atoms with Crippen molar-refractivity contribution in [3.05, 3.63) is 52.2 Å². The standard InChI is InChI=1S/C19H24N4O3/c1-13-20-11-14(19(25)21-13)10-18(24)23-9-3-4-16(12-23)22-15-5-7-17(26-2)8-6-15/h5-8,11,16,22H,3-4,9-10,12H2,1-2H3,(H,20,21,25)/t16-/m0/s1. The number of ether oxygens (including phenoxy) is 1. The van der Waals surface area contributed by atoms with E-state index in [1.165, 1.54) is 6.20 Å². The summed E-state index contributed by atoms with van der Waals surface area (Å²) in [5, 5.41) is 3.47. The van der Waals surface area contributed by atoms with Gasteiger partial charge in [0.25, 0.3) is 5.56 Å². The maximum absolute atomic E-state index is 12.6. The minimum Gasteiger partial charge on any atom is -0.497 e. The van der Waals surface area contributed by atoms with Gasteiger partial charge in [0.15, 0.2) is 0 Å². The molecule has 1 saturated heterocycles. The van der Waals surface area contributed by atoms with Gasteiger partial charge in [-0.25, -0.2) is 4.98 Å². The molecule has 3 rings (SSSR count). The number of benzene rings is 1. The van der Waals surface area contributed by atoms with Gasteiger partial charge >= 0.3 is 0 Å². The van der Waals surface area contributed by atoms with Crippen LogP contribution in [-0.4, -0.2) is 47.0 Å². The number of hydrogen-bond acceptors (Lipinski definition) is 5. The van der Waals surface area contributed by atoms with E-state index in [9.17, 15) is 9.59 Å². The number of nitrogens with zero attached hydrogens (tertiary/aromatic N) is 2. The summed E-state index contributed by atoms with van der Waals surface area (Å²) in [5.41, 5.74) is 1.17. The molecule has 0 saturated carbocycles. The summed E-state index contributed by atoms with van der Waals surface area (Å²) in [6.45, 7) is 3.06. The summed E-state index contributed by atoms with van der Waals surface area (Å²) >= 11 is 0. The third kappa shape index (κ3) is 4.41. The first-order valence-corrected chi connectivity index (χ1v) is 8.78. The van der Waals surface area contributed by atoms with E-state index in [0.717, 1.165) is 30.8 Å². The van der Waals surface area contributed by atoms with Crippen molar-refractivity contribution in [2.45, 2.75) is 32.2 Å². The number of hydrogen-bond donors (Lipinski definition) is 2. The Hall–Kier alpha value is -2.83. The predicted octanol–water partition coefficient (Wildman–Crippen LogP) is 1.73. The molecule has 2 heterocycles. The molecule has 0 radical (unpaired) electrons. The highest BCUT2D eigenvalue weighted by Gasteiger charge is 2.24. The first-order valence-electron chi connectivity index (χ1n) is 8.78. The zero-order valence-electron chi connectivity index (χ0n) is 15.1. The predicted molar refractivity (Wildman–Crippen MR) is 99.5 cm³/mol. The molecule has 1 aliphatic rings. The van der Waals surface area contributed by atoms with E-state index in [2.05, 4.69) is 15.3 Å². The van der Waals surface area contributed by atoms with Crippen molar-refractivity contribution < 1.29 is 9.53 Å². The van der Waals surface area contributed by atoms with Crippen molar-refractivity contribution in [1.82, 2.24) is 14.9 Å². The third-order valence-electron chi connectivity index (χ3n) is 4.58. The van der Waals surface area contributed by atoms with Crippen LogP contribution < -0.4 is 15.6 Å². The molecule has 7 nitrogen and oxygen atoms in total. The van der Waals surface area contributed by atoms with Gasteiger partial charge < -0.3 is 19.9 Å². The van der Waals surface area contributed by atoms with E-state index in [0.29, 0.717) is 17.9 Å². The Kier molecular flexibility index (Phi) is 5.55. The average Bonchev–Trinajstić information content (AvgIpc) is 2.65. The first kappa shape index (κ1) is 18.0. The Morgan fingerprint density at radius 3 is 2.85 bits per heavy atom. The van der Waals surface area contributed by atoms with Crippen molar-refractivity contribution >= 4 is 11.6 Å². The van der Waals surface area contributed by atoms with Crippen LogP contribution in [0.5, 0.6) is 5.75 Å². The molecule has 1 aromatic heterocycles. The molecule has 1 aliphatic heterocycles. The summed E-state index contributed by atoms with van der Waals surface area (Å²) in [7, 11) is 1.64. The fourth-order valence-corrected chi connectivity index (χ4v) is 3.16. The zero-order valence-corrected chi connectivity index (χ0v) is 15.1. The summed E-state index contributed by atoms with van der Waals surface area (Å²) in [6.07, 6.45) is 3.51. The lowest BCUT2D eigenvalue weighted by Gasteiger charge is -2.33. The Morgan fingerprint density at radius 1 is 1.38 bits per heavy atom. The number of aryl methyl sites for hydroxylation is 1. The summed E-state index contributed by atoms with van der Waals surface area (Å²) in [5.74, 6) is 1.32. The number of amides is 1. The maximum atomic E-state index is 12.6. The number of carbonyl (C=O) groups is 1. The van der Waals surface area contributed by atoms with Gasteiger partial charge in [0, 0.05) is 36.6 Å². The van der Waals surface area contributed by atoms with Gasteiger partial charge in [0.2, 0.25) is 5.91 Å². The van der Waals surface area contributed by atoms with Crippen LogP contribution in [0.2, 0.25) is 0 Å². The number of rotatable bonds is 5. The van der Waals surface area contributed by atoms with Gasteiger partial charge in [-0.2, -0.15) is 0 Å². The van der Waals surface area contributed by atoms with Crippen LogP contribution in [0.25, 0.3) is 0 Å². The molecule has 0 spiro atoms. The fourth-order valence-electron chi connectivity index (χ4n) is 3.16. The second-order valence-corrected chi connectivity index (χ2v) is 6.55. The van der Waals surface area contributed by atoms with E-state index in [4.69, 9.17) is 4.74 Å². The van der Waals surface area contributed by atoms with Gasteiger partial charge in [-0.1, -0.05) is 0 Å². The van der Waals surface area contributed by atoms with Gasteiger partial charge in [-0.05, 0) is 44.0 Å². The quantitative estimate of drug-likeness (QED) is 0.852. The number of likely N-dealkylation sites (tertiary alicyclic amines) is 1. The molecule has 0 aliphatic carbocycles. The molecule has 2 aromatic rings. The molecule has 0 bridgehead atoms. The molecule has 1 atom stereocenters. The molecule has 0 unspecified atom stereocenters. The number of carbonyl (C=O) groups excluding carboxylic acids is 1. The van der Waals surface area contributed by atoms with E-state index in [1.54, 1.807) is 14.0 Å². The molecular formula is C19H24N4O3. The molecular weight excluding hydrogens is 332 g/mol. The number of anilines is 1. The SMILES string of the molecule is COc1ccc(N[C@H]2CCCN(C(=O)Cc3cnc(C)[nH]c3=O)C2)cc1. The third-order valence-corrected chi connectivity index (χ3v) is 4.58. The van der Waals surface area contributed by atoms with Crippen LogP contribution in [-0.2, 0) is 11.2 Å². The van der Waals surface area contributed by atoms with Crippen LogP contribution >= 0.6 is 0 Å². The normalized spacial score (nSPS) is 17.0. The van der Waals surface area contributed by atoms with E-state index in [1.807, 2.05) is 29.2 Å². The lowest BCUT2D eigenvalue weighted by atomic mass is 10.0. The van der Waals surface area contributed by atoms with Gasteiger partial charge in [-0.3, -0.25) is 9.59 Å². The maximum Gasteiger partial charge on any atom is 0.254 e. The minimum atomic E-state index is -0.240. The highest BCUT2D eigenvalue weighted by Crippen LogP contribution is 2.19. The fraction of sp³-hybridized carbons (Fsp3) is 0.421. The smallest absolute Gasteiger partial charge is 0.254 e. The molecule has 7 heteroatoms. The second-order valence-electron chi connectivity index (χ2n) is 6.55. The van der Waals surface area contributed by atoms with Crippen LogP contribution in [0, 0.1) is 6.92 Å². The van der Waals surface area contributed by atoms with Crippen LogP contribution in [0.3, 0.4) is 0 Å². The van der Waals surface area contributed by atoms with Gasteiger partial charge in [-0.15, -0.1) is 0 Å². The molecule has 1 amide bonds. The van der Waals surface area contributed by atoms with E-state index >= 15 is 0 Å². The second kappa shape index (κ2) is 8.03. The summed E-state index contributed by atoms with van der Waals surface area (Å²) in [6, 6.07) is 7.94. The largest absolute Gasteiger partial charge is 0.497 e. The van der Waals surface area contributed by atoms with Crippen molar-refractivity contribution in [2.24, 2.45) is 0 Å². The zero-order chi connectivity index (χ0) is 18.5. The van der Waals surface area contributed by atoms with Gasteiger partial charge in [0.05, 0.1) is 13.5 Å². The number of nitrogens with one attached hydrogen (secondary N) is 2. The Balaban J connectivity index is 1.60. The Bertz CT molecular complexity index is 816. The highest BCUT2D eigenvalue weighted by molar-refractivity contribution is 5.78. The summed E-state index contributed by atoms with van der Waals surface area (Å²) in [4.78, 5) is 33.0. The highest BCUT2D eigenvalue weighted by atomic mass is 16.5. The Labute approximate surface area is 152 Å². The van der Waals surface area contributed by atoms with E-state index < -0.39 is 0 Å². The number of aromatic amines is 1. The number of H-pyrrole nitrogens is 1. The van der Waals surface area contributed by atoms with Crippen molar-refractivity contribution in [1.29, 1.82) is 0 Å². The van der Waals surface area contributed by atoms with Crippen LogP contribution in [0.1, 0.15) is 24.2 Å². The number of methoxy groups -OCH3 is 1. The van der Waals surface area contributed by atoms with Crippen molar-refractivity contribution in [2.75, 3.05) is 25.5 Å². The number of piperidine rings is 1. The van der Waals surface area contributed by atoms with Crippen LogP contribution in [0.4, 0.5) is 5.69 Å². The molecule has 1 fully saturated rings. The number of aromatic nitrogens is 2. The average molecular weight is 356 g/mol. The monoisotopic (exact) mass is 356 g/mol. The first-order chi connectivity index (χ1) is 12.5. The van der Waals surface area contributed by atoms with Crippen molar-refractivity contribution in [3.8, 4) is 5.75 Å².